The van der Waals surface area contributed by atoms with Gasteiger partial charge < -0.3 is 0 Å². The second-order valence-corrected chi connectivity index (χ2v) is 10.1. The van der Waals surface area contributed by atoms with Crippen LogP contribution in [0, 0.1) is 6.92 Å². The maximum atomic E-state index is 2.45. The van der Waals surface area contributed by atoms with Gasteiger partial charge in [-0.15, -0.1) is 0 Å². The summed E-state index contributed by atoms with van der Waals surface area (Å²) in [6.45, 7) is 7.04. The summed E-state index contributed by atoms with van der Waals surface area (Å²) in [6, 6.07) is 21.1. The number of aryl methyl sites for hydroxylation is 1. The molecule has 0 fully saturated rings. The van der Waals surface area contributed by atoms with Gasteiger partial charge in [0.25, 0.3) is 0 Å². The molecular weight excluding hydrogens is 220 g/mol. The highest BCUT2D eigenvalue weighted by molar-refractivity contribution is 6.89. The summed E-state index contributed by atoms with van der Waals surface area (Å²) in [6.07, 6.45) is 0. The molecule has 0 nitrogen and oxygen atoms in total. The number of benzene rings is 2. The maximum Gasteiger partial charge on any atom is 0.0849 e. The highest BCUT2D eigenvalue weighted by Gasteiger charge is 2.23. The van der Waals surface area contributed by atoms with Gasteiger partial charge in [0.05, 0.1) is 8.07 Å². The normalized spacial score (nSPS) is 11.5. The molecule has 0 heterocycles. The molecule has 0 aliphatic rings. The highest BCUT2D eigenvalue weighted by Crippen LogP contribution is 2.13. The molecule has 0 saturated carbocycles. The van der Waals surface area contributed by atoms with Crippen molar-refractivity contribution in [3.8, 4) is 0 Å². The number of hydrogen-bond acceptors (Lipinski definition) is 0. The van der Waals surface area contributed by atoms with E-state index in [1.54, 1.807) is 5.19 Å². The Kier molecular flexibility index (Phi) is 3.48. The van der Waals surface area contributed by atoms with Gasteiger partial charge in [0.1, 0.15) is 0 Å². The van der Waals surface area contributed by atoms with Crippen molar-refractivity contribution in [1.82, 2.24) is 0 Å². The van der Waals surface area contributed by atoms with Crippen molar-refractivity contribution in [2.24, 2.45) is 0 Å². The summed E-state index contributed by atoms with van der Waals surface area (Å²) >= 11 is 0. The lowest BCUT2D eigenvalue weighted by atomic mass is 10.2. The molecular formula is C16H20Si. The Morgan fingerprint density at radius 1 is 0.824 bits per heavy atom. The lowest BCUT2D eigenvalue weighted by molar-refractivity contribution is 1.30. The van der Waals surface area contributed by atoms with E-state index in [2.05, 4.69) is 74.6 Å². The van der Waals surface area contributed by atoms with Gasteiger partial charge in [0, 0.05) is 0 Å². The molecule has 0 aliphatic heterocycles. The standard InChI is InChI=1S/C16H20Si/c1-14-9-11-15(12-10-14)13-17(2,3)16-7-5-4-6-8-16/h4-12H,13H2,1-3H3. The molecule has 0 aromatic heterocycles. The van der Waals surface area contributed by atoms with E-state index in [9.17, 15) is 0 Å². The molecule has 0 amide bonds. The molecule has 1 heteroatoms. The van der Waals surface area contributed by atoms with E-state index in [1.807, 2.05) is 0 Å². The molecule has 0 saturated heterocycles. The highest BCUT2D eigenvalue weighted by atomic mass is 28.3. The molecule has 17 heavy (non-hydrogen) atoms. The van der Waals surface area contributed by atoms with Gasteiger partial charge in [0.2, 0.25) is 0 Å². The monoisotopic (exact) mass is 240 g/mol. The summed E-state index contributed by atoms with van der Waals surface area (Å²) < 4.78 is 0. The average Bonchev–Trinajstić information content (AvgIpc) is 2.33. The van der Waals surface area contributed by atoms with E-state index in [4.69, 9.17) is 0 Å². The van der Waals surface area contributed by atoms with Crippen LogP contribution in [0.15, 0.2) is 54.6 Å². The smallest absolute Gasteiger partial charge is 0.0652 e. The fourth-order valence-electron chi connectivity index (χ4n) is 2.21. The Hall–Kier alpha value is -1.34. The summed E-state index contributed by atoms with van der Waals surface area (Å²) in [5.74, 6) is 0. The molecule has 2 aromatic rings. The predicted molar refractivity (Wildman–Crippen MR) is 78.4 cm³/mol. The molecule has 0 aliphatic carbocycles. The fourth-order valence-corrected chi connectivity index (χ4v) is 4.76. The van der Waals surface area contributed by atoms with Gasteiger partial charge in [-0.05, 0) is 13.0 Å². The third-order valence-electron chi connectivity index (χ3n) is 3.32. The minimum atomic E-state index is -1.34. The van der Waals surface area contributed by atoms with E-state index >= 15 is 0 Å². The van der Waals surface area contributed by atoms with Gasteiger partial charge in [-0.2, -0.15) is 0 Å². The first-order valence-corrected chi connectivity index (χ1v) is 9.40. The molecule has 0 atom stereocenters. The Balaban J connectivity index is 2.20. The van der Waals surface area contributed by atoms with Gasteiger partial charge in [-0.25, -0.2) is 0 Å². The van der Waals surface area contributed by atoms with E-state index in [0.717, 1.165) is 0 Å². The van der Waals surface area contributed by atoms with Crippen molar-refractivity contribution in [2.75, 3.05) is 0 Å². The molecule has 2 rings (SSSR count). The van der Waals surface area contributed by atoms with E-state index < -0.39 is 8.07 Å². The summed E-state index contributed by atoms with van der Waals surface area (Å²) in [5.41, 5.74) is 2.81. The molecule has 0 radical (unpaired) electrons. The number of hydrogen-bond donors (Lipinski definition) is 0. The van der Waals surface area contributed by atoms with Crippen LogP contribution in [0.5, 0.6) is 0 Å². The quantitative estimate of drug-likeness (QED) is 0.718. The second-order valence-electron chi connectivity index (χ2n) is 5.41. The summed E-state index contributed by atoms with van der Waals surface area (Å²) in [7, 11) is -1.34. The fraction of sp³-hybridized carbons (Fsp3) is 0.250. The zero-order valence-electron chi connectivity index (χ0n) is 10.9. The maximum absolute atomic E-state index is 2.45. The third kappa shape index (κ3) is 3.07. The molecule has 0 unspecified atom stereocenters. The predicted octanol–water partition coefficient (Wildman–Crippen LogP) is 3.69. The summed E-state index contributed by atoms with van der Waals surface area (Å²) in [4.78, 5) is 0. The van der Waals surface area contributed by atoms with E-state index in [-0.39, 0.29) is 0 Å². The van der Waals surface area contributed by atoms with Crippen molar-refractivity contribution in [1.29, 1.82) is 0 Å². The topological polar surface area (TPSA) is 0 Å². The first kappa shape index (κ1) is 12.1. The Bertz CT molecular complexity index is 469. The minimum absolute atomic E-state index is 1.22. The second kappa shape index (κ2) is 4.88. The van der Waals surface area contributed by atoms with Crippen LogP contribution in [-0.4, -0.2) is 8.07 Å². The van der Waals surface area contributed by atoms with Gasteiger partial charge in [-0.3, -0.25) is 0 Å². The minimum Gasteiger partial charge on any atom is -0.0652 e. The number of rotatable bonds is 3. The third-order valence-corrected chi connectivity index (χ3v) is 6.51. The molecule has 0 N–H and O–H groups in total. The Morgan fingerprint density at radius 3 is 2.00 bits per heavy atom. The van der Waals surface area contributed by atoms with Crippen LogP contribution in [-0.2, 0) is 6.04 Å². The van der Waals surface area contributed by atoms with Crippen LogP contribution in [0.25, 0.3) is 0 Å². The van der Waals surface area contributed by atoms with Crippen molar-refractivity contribution >= 4 is 13.3 Å². The van der Waals surface area contributed by atoms with Crippen molar-refractivity contribution < 1.29 is 0 Å². The van der Waals surface area contributed by atoms with Crippen LogP contribution in [0.4, 0.5) is 0 Å². The Labute approximate surface area is 105 Å². The lowest BCUT2D eigenvalue weighted by Gasteiger charge is -2.23. The molecule has 0 spiro atoms. The largest absolute Gasteiger partial charge is 0.0849 e. The van der Waals surface area contributed by atoms with Gasteiger partial charge in [-0.1, -0.05) is 84.0 Å². The Morgan fingerprint density at radius 2 is 1.41 bits per heavy atom. The summed E-state index contributed by atoms with van der Waals surface area (Å²) in [5, 5.41) is 1.54. The van der Waals surface area contributed by atoms with Gasteiger partial charge >= 0.3 is 0 Å². The zero-order chi connectivity index (χ0) is 12.3. The van der Waals surface area contributed by atoms with Crippen LogP contribution in [0.1, 0.15) is 11.1 Å². The average molecular weight is 240 g/mol. The van der Waals surface area contributed by atoms with Crippen LogP contribution in [0.2, 0.25) is 13.1 Å². The van der Waals surface area contributed by atoms with Crippen molar-refractivity contribution in [3.05, 3.63) is 65.7 Å². The van der Waals surface area contributed by atoms with E-state index in [1.165, 1.54) is 17.2 Å². The zero-order valence-corrected chi connectivity index (χ0v) is 11.9. The van der Waals surface area contributed by atoms with Crippen molar-refractivity contribution in [3.63, 3.8) is 0 Å². The van der Waals surface area contributed by atoms with Gasteiger partial charge in [0.15, 0.2) is 0 Å². The van der Waals surface area contributed by atoms with Crippen molar-refractivity contribution in [2.45, 2.75) is 26.1 Å². The SMILES string of the molecule is Cc1ccc(C[Si](C)(C)c2ccccc2)cc1. The van der Waals surface area contributed by atoms with E-state index in [0.29, 0.717) is 0 Å². The van der Waals surface area contributed by atoms with Crippen LogP contribution >= 0.6 is 0 Å². The first-order valence-electron chi connectivity index (χ1n) is 6.19. The van der Waals surface area contributed by atoms with Crippen LogP contribution in [0.3, 0.4) is 0 Å². The molecule has 88 valence electrons. The van der Waals surface area contributed by atoms with Crippen LogP contribution < -0.4 is 5.19 Å². The lowest BCUT2D eigenvalue weighted by Crippen LogP contribution is -2.43. The molecule has 2 aromatic carbocycles. The first-order chi connectivity index (χ1) is 8.08. The molecule has 0 bridgehead atoms.